The van der Waals surface area contributed by atoms with Crippen molar-refractivity contribution in [3.05, 3.63) is 18.1 Å². The fraction of sp³-hybridized carbons (Fsp3) is 0.333. The van der Waals surface area contributed by atoms with Crippen LogP contribution >= 0.6 is 11.8 Å². The first-order chi connectivity index (χ1) is 4.34. The SMILES string of the molecule is CSc1nccnc1C. The molecule has 3 heteroatoms. The maximum atomic E-state index is 4.10. The number of rotatable bonds is 1. The first kappa shape index (κ1) is 6.55. The monoisotopic (exact) mass is 140 g/mol. The second-order valence-electron chi connectivity index (χ2n) is 1.65. The zero-order valence-corrected chi connectivity index (χ0v) is 6.27. The van der Waals surface area contributed by atoms with Gasteiger partial charge < -0.3 is 0 Å². The molecule has 0 radical (unpaired) electrons. The summed E-state index contributed by atoms with van der Waals surface area (Å²) in [5, 5.41) is 1.01. The van der Waals surface area contributed by atoms with Gasteiger partial charge >= 0.3 is 0 Å². The lowest BCUT2D eigenvalue weighted by atomic mass is 10.5. The maximum absolute atomic E-state index is 4.10. The quantitative estimate of drug-likeness (QED) is 0.553. The first-order valence-corrected chi connectivity index (χ1v) is 3.88. The van der Waals surface area contributed by atoms with E-state index in [2.05, 4.69) is 9.97 Å². The van der Waals surface area contributed by atoms with Crippen LogP contribution in [0.25, 0.3) is 0 Å². The fourth-order valence-corrected chi connectivity index (χ4v) is 1.11. The Bertz CT molecular complexity index is 200. The van der Waals surface area contributed by atoms with Crippen LogP contribution in [0.5, 0.6) is 0 Å². The summed E-state index contributed by atoms with van der Waals surface area (Å²) >= 11 is 1.62. The van der Waals surface area contributed by atoms with E-state index in [0.717, 1.165) is 10.7 Å². The van der Waals surface area contributed by atoms with Gasteiger partial charge in [0.25, 0.3) is 0 Å². The molecular formula is C6H8N2S. The molecule has 1 rings (SSSR count). The highest BCUT2D eigenvalue weighted by Crippen LogP contribution is 2.12. The van der Waals surface area contributed by atoms with Gasteiger partial charge in [0.05, 0.1) is 5.69 Å². The molecule has 0 aliphatic carbocycles. The van der Waals surface area contributed by atoms with Gasteiger partial charge in [-0.25, -0.2) is 4.98 Å². The van der Waals surface area contributed by atoms with Crippen LogP contribution in [0.3, 0.4) is 0 Å². The molecule has 48 valence electrons. The lowest BCUT2D eigenvalue weighted by Crippen LogP contribution is -1.86. The van der Waals surface area contributed by atoms with E-state index in [1.54, 1.807) is 24.2 Å². The van der Waals surface area contributed by atoms with Crippen LogP contribution in [-0.4, -0.2) is 16.2 Å². The molecule has 0 aliphatic heterocycles. The fourth-order valence-electron chi connectivity index (χ4n) is 0.595. The lowest BCUT2D eigenvalue weighted by molar-refractivity contribution is 0.989. The molecule has 0 aromatic carbocycles. The average molecular weight is 140 g/mol. The van der Waals surface area contributed by atoms with Crippen molar-refractivity contribution in [2.24, 2.45) is 0 Å². The third kappa shape index (κ3) is 1.42. The summed E-state index contributed by atoms with van der Waals surface area (Å²) in [5.74, 6) is 0. The Morgan fingerprint density at radius 2 is 2.00 bits per heavy atom. The summed E-state index contributed by atoms with van der Waals surface area (Å²) < 4.78 is 0. The van der Waals surface area contributed by atoms with E-state index in [1.807, 2.05) is 13.2 Å². The van der Waals surface area contributed by atoms with Crippen LogP contribution in [0.4, 0.5) is 0 Å². The van der Waals surface area contributed by atoms with Gasteiger partial charge in [0, 0.05) is 12.4 Å². The highest BCUT2D eigenvalue weighted by Gasteiger charge is 1.93. The summed E-state index contributed by atoms with van der Waals surface area (Å²) in [7, 11) is 0. The normalized spacial score (nSPS) is 9.56. The molecule has 2 nitrogen and oxygen atoms in total. The van der Waals surface area contributed by atoms with Crippen molar-refractivity contribution in [2.75, 3.05) is 6.26 Å². The summed E-state index contributed by atoms with van der Waals surface area (Å²) in [5.41, 5.74) is 1.00. The van der Waals surface area contributed by atoms with E-state index in [0.29, 0.717) is 0 Å². The van der Waals surface area contributed by atoms with Crippen LogP contribution in [0.15, 0.2) is 17.4 Å². The van der Waals surface area contributed by atoms with E-state index in [4.69, 9.17) is 0 Å². The molecule has 0 saturated carbocycles. The third-order valence-corrected chi connectivity index (χ3v) is 1.82. The number of thioether (sulfide) groups is 1. The van der Waals surface area contributed by atoms with Gasteiger partial charge in [-0.05, 0) is 13.2 Å². The second-order valence-corrected chi connectivity index (χ2v) is 2.45. The molecule has 0 spiro atoms. The maximum Gasteiger partial charge on any atom is 0.117 e. The largest absolute Gasteiger partial charge is 0.257 e. The molecule has 1 heterocycles. The molecule has 0 amide bonds. The van der Waals surface area contributed by atoms with Crippen molar-refractivity contribution in [1.82, 2.24) is 9.97 Å². The minimum Gasteiger partial charge on any atom is -0.257 e. The highest BCUT2D eigenvalue weighted by molar-refractivity contribution is 7.98. The Hall–Kier alpha value is -0.570. The number of nitrogens with zero attached hydrogens (tertiary/aromatic N) is 2. The second kappa shape index (κ2) is 2.82. The standard InChI is InChI=1S/C6H8N2S/c1-5-6(9-2)8-4-3-7-5/h3-4H,1-2H3. The van der Waals surface area contributed by atoms with E-state index >= 15 is 0 Å². The molecule has 0 N–H and O–H groups in total. The van der Waals surface area contributed by atoms with Crippen molar-refractivity contribution in [3.8, 4) is 0 Å². The van der Waals surface area contributed by atoms with E-state index in [9.17, 15) is 0 Å². The minimum atomic E-state index is 1.00. The van der Waals surface area contributed by atoms with Crippen molar-refractivity contribution in [3.63, 3.8) is 0 Å². The van der Waals surface area contributed by atoms with Gasteiger partial charge in [0.2, 0.25) is 0 Å². The Morgan fingerprint density at radius 3 is 2.44 bits per heavy atom. The number of hydrogen-bond donors (Lipinski definition) is 0. The number of hydrogen-bond acceptors (Lipinski definition) is 3. The molecular weight excluding hydrogens is 132 g/mol. The summed E-state index contributed by atoms with van der Waals surface area (Å²) in [4.78, 5) is 8.16. The Balaban J connectivity index is 3.01. The van der Waals surface area contributed by atoms with E-state index in [1.165, 1.54) is 0 Å². The molecule has 0 fully saturated rings. The van der Waals surface area contributed by atoms with Gasteiger partial charge in [-0.3, -0.25) is 4.98 Å². The molecule has 0 unspecified atom stereocenters. The molecule has 1 aromatic heterocycles. The Kier molecular flexibility index (Phi) is 2.05. The lowest BCUT2D eigenvalue weighted by Gasteiger charge is -1.95. The predicted octanol–water partition coefficient (Wildman–Crippen LogP) is 1.51. The molecule has 0 bridgehead atoms. The topological polar surface area (TPSA) is 25.8 Å². The zero-order valence-electron chi connectivity index (χ0n) is 5.46. The third-order valence-electron chi connectivity index (χ3n) is 1.03. The molecule has 0 aliphatic rings. The highest BCUT2D eigenvalue weighted by atomic mass is 32.2. The van der Waals surface area contributed by atoms with E-state index < -0.39 is 0 Å². The van der Waals surface area contributed by atoms with Crippen LogP contribution < -0.4 is 0 Å². The van der Waals surface area contributed by atoms with Crippen molar-refractivity contribution >= 4 is 11.8 Å². The van der Waals surface area contributed by atoms with Crippen LogP contribution in [0.1, 0.15) is 5.69 Å². The average Bonchev–Trinajstić information content (AvgIpc) is 1.89. The Morgan fingerprint density at radius 1 is 1.33 bits per heavy atom. The van der Waals surface area contributed by atoms with Crippen molar-refractivity contribution < 1.29 is 0 Å². The minimum absolute atomic E-state index is 1.00. The van der Waals surface area contributed by atoms with Gasteiger partial charge in [-0.2, -0.15) is 0 Å². The number of aromatic nitrogens is 2. The zero-order chi connectivity index (χ0) is 6.69. The molecule has 9 heavy (non-hydrogen) atoms. The summed E-state index contributed by atoms with van der Waals surface area (Å²) in [6, 6.07) is 0. The van der Waals surface area contributed by atoms with Crippen LogP contribution in [-0.2, 0) is 0 Å². The Labute approximate surface area is 58.7 Å². The van der Waals surface area contributed by atoms with Gasteiger partial charge in [-0.1, -0.05) is 0 Å². The molecule has 0 saturated heterocycles. The van der Waals surface area contributed by atoms with Crippen molar-refractivity contribution in [1.29, 1.82) is 0 Å². The smallest absolute Gasteiger partial charge is 0.117 e. The summed E-state index contributed by atoms with van der Waals surface area (Å²) in [6.07, 6.45) is 5.41. The van der Waals surface area contributed by atoms with Gasteiger partial charge in [-0.15, -0.1) is 11.8 Å². The van der Waals surface area contributed by atoms with Crippen molar-refractivity contribution in [2.45, 2.75) is 11.9 Å². The van der Waals surface area contributed by atoms with E-state index in [-0.39, 0.29) is 0 Å². The van der Waals surface area contributed by atoms with Crippen LogP contribution in [0.2, 0.25) is 0 Å². The predicted molar refractivity (Wildman–Crippen MR) is 38.6 cm³/mol. The number of aryl methyl sites for hydroxylation is 1. The van der Waals surface area contributed by atoms with Gasteiger partial charge in [0.15, 0.2) is 0 Å². The molecule has 1 aromatic rings. The van der Waals surface area contributed by atoms with Crippen LogP contribution in [0, 0.1) is 6.92 Å². The summed E-state index contributed by atoms with van der Waals surface area (Å²) in [6.45, 7) is 1.96. The van der Waals surface area contributed by atoms with Gasteiger partial charge in [0.1, 0.15) is 5.03 Å². The molecule has 0 atom stereocenters. The first-order valence-electron chi connectivity index (χ1n) is 2.66.